The lowest BCUT2D eigenvalue weighted by Gasteiger charge is -2.36. The molecule has 0 radical (unpaired) electrons. The summed E-state index contributed by atoms with van der Waals surface area (Å²) in [5, 5.41) is 3.72. The Labute approximate surface area is 140 Å². The van der Waals surface area contributed by atoms with E-state index in [1.165, 1.54) is 24.5 Å². The van der Waals surface area contributed by atoms with Crippen LogP contribution in [0, 0.1) is 0 Å². The summed E-state index contributed by atoms with van der Waals surface area (Å²) >= 11 is 0. The topological polar surface area (TPSA) is 27.7 Å². The Kier molecular flexibility index (Phi) is 5.44. The number of nitrogens with zero attached hydrogens (tertiary/aromatic N) is 2. The van der Waals surface area contributed by atoms with Crippen LogP contribution in [0.3, 0.4) is 0 Å². The molecule has 4 nitrogen and oxygen atoms in total. The minimum absolute atomic E-state index is 0.349. The van der Waals surface area contributed by atoms with Crippen molar-refractivity contribution < 1.29 is 4.74 Å². The molecule has 2 heterocycles. The van der Waals surface area contributed by atoms with E-state index in [1.54, 1.807) is 0 Å². The first kappa shape index (κ1) is 16.6. The van der Waals surface area contributed by atoms with Gasteiger partial charge in [0.25, 0.3) is 0 Å². The molecule has 4 heteroatoms. The Morgan fingerprint density at radius 2 is 1.78 bits per heavy atom. The number of benzene rings is 1. The van der Waals surface area contributed by atoms with Gasteiger partial charge in [0.1, 0.15) is 0 Å². The zero-order valence-electron chi connectivity index (χ0n) is 14.8. The minimum Gasteiger partial charge on any atom is -0.382 e. The van der Waals surface area contributed by atoms with E-state index in [0.29, 0.717) is 18.2 Å². The fourth-order valence-electron chi connectivity index (χ4n) is 3.87. The summed E-state index contributed by atoms with van der Waals surface area (Å²) in [6, 6.07) is 9.43. The zero-order chi connectivity index (χ0) is 16.2. The molecule has 128 valence electrons. The second-order valence-corrected chi connectivity index (χ2v) is 7.04. The fourth-order valence-corrected chi connectivity index (χ4v) is 3.87. The summed E-state index contributed by atoms with van der Waals surface area (Å²) in [7, 11) is 0. The van der Waals surface area contributed by atoms with Crippen molar-refractivity contribution >= 4 is 11.4 Å². The number of rotatable bonds is 4. The summed E-state index contributed by atoms with van der Waals surface area (Å²) in [5.74, 6) is 0. The summed E-state index contributed by atoms with van der Waals surface area (Å²) in [5.41, 5.74) is 2.59. The molecule has 1 aromatic carbocycles. The normalized spacial score (nSPS) is 29.5. The van der Waals surface area contributed by atoms with E-state index in [-0.39, 0.29) is 0 Å². The first-order valence-electron chi connectivity index (χ1n) is 9.13. The molecule has 0 unspecified atom stereocenters. The lowest BCUT2D eigenvalue weighted by atomic mass is 9.99. The molecule has 1 N–H and O–H groups in total. The van der Waals surface area contributed by atoms with Crippen molar-refractivity contribution in [2.24, 2.45) is 0 Å². The van der Waals surface area contributed by atoms with E-state index in [4.69, 9.17) is 4.74 Å². The van der Waals surface area contributed by atoms with Crippen LogP contribution in [0.4, 0.5) is 11.4 Å². The van der Waals surface area contributed by atoms with E-state index in [1.807, 2.05) is 0 Å². The Balaban J connectivity index is 1.61. The quantitative estimate of drug-likeness (QED) is 0.923. The molecular formula is C19H31N3O. The van der Waals surface area contributed by atoms with Crippen LogP contribution in [-0.4, -0.2) is 55.9 Å². The number of anilines is 2. The number of likely N-dealkylation sites (N-methyl/N-ethyl adjacent to an activating group) is 1. The Morgan fingerprint density at radius 1 is 1.09 bits per heavy atom. The second kappa shape index (κ2) is 7.54. The molecule has 0 aliphatic carbocycles. The predicted molar refractivity (Wildman–Crippen MR) is 97.4 cm³/mol. The standard InChI is InChI=1S/C19H31N3O/c1-4-21-8-10-22(11-9-21)19-7-5-6-17(14-19)20-18-12-15(2)23-16(3)13-18/h5-7,14-16,18,20H,4,8-13H2,1-3H3/t15-,16-/m0/s1. The van der Waals surface area contributed by atoms with Crippen LogP contribution in [0.5, 0.6) is 0 Å². The van der Waals surface area contributed by atoms with Crippen molar-refractivity contribution in [1.82, 2.24) is 4.90 Å². The number of hydrogen-bond acceptors (Lipinski definition) is 4. The number of piperazine rings is 1. The van der Waals surface area contributed by atoms with Gasteiger partial charge in [0.05, 0.1) is 12.2 Å². The van der Waals surface area contributed by atoms with Crippen LogP contribution in [-0.2, 0) is 4.74 Å². The smallest absolute Gasteiger partial charge is 0.0570 e. The van der Waals surface area contributed by atoms with Gasteiger partial charge >= 0.3 is 0 Å². The highest BCUT2D eigenvalue weighted by Gasteiger charge is 2.24. The van der Waals surface area contributed by atoms with E-state index < -0.39 is 0 Å². The maximum absolute atomic E-state index is 5.84. The van der Waals surface area contributed by atoms with Gasteiger partial charge in [-0.2, -0.15) is 0 Å². The van der Waals surface area contributed by atoms with E-state index >= 15 is 0 Å². The van der Waals surface area contributed by atoms with Crippen LogP contribution in [0.25, 0.3) is 0 Å². The Hall–Kier alpha value is -1.26. The Morgan fingerprint density at radius 3 is 2.43 bits per heavy atom. The molecule has 0 spiro atoms. The summed E-state index contributed by atoms with van der Waals surface area (Å²) in [6.45, 7) is 12.4. The van der Waals surface area contributed by atoms with Crippen molar-refractivity contribution in [3.05, 3.63) is 24.3 Å². The average molecular weight is 317 g/mol. The molecular weight excluding hydrogens is 286 g/mol. The number of nitrogens with one attached hydrogen (secondary N) is 1. The lowest BCUT2D eigenvalue weighted by Crippen LogP contribution is -2.46. The second-order valence-electron chi connectivity index (χ2n) is 7.04. The molecule has 2 saturated heterocycles. The van der Waals surface area contributed by atoms with Gasteiger partial charge < -0.3 is 19.9 Å². The van der Waals surface area contributed by atoms with Gasteiger partial charge in [-0.25, -0.2) is 0 Å². The largest absolute Gasteiger partial charge is 0.382 e. The summed E-state index contributed by atoms with van der Waals surface area (Å²) in [6.07, 6.45) is 2.87. The molecule has 2 aliphatic heterocycles. The molecule has 0 saturated carbocycles. The molecule has 2 fully saturated rings. The van der Waals surface area contributed by atoms with Gasteiger partial charge in [0, 0.05) is 43.6 Å². The van der Waals surface area contributed by atoms with Crippen LogP contribution in [0.2, 0.25) is 0 Å². The maximum Gasteiger partial charge on any atom is 0.0570 e. The molecule has 1 aromatic rings. The number of ether oxygens (including phenoxy) is 1. The third kappa shape index (κ3) is 4.39. The highest BCUT2D eigenvalue weighted by Crippen LogP contribution is 2.25. The molecule has 23 heavy (non-hydrogen) atoms. The molecule has 0 bridgehead atoms. The zero-order valence-corrected chi connectivity index (χ0v) is 14.8. The SMILES string of the molecule is CCN1CCN(c2cccc(NC3C[C@H](C)O[C@@H](C)C3)c2)CC1. The van der Waals surface area contributed by atoms with Gasteiger partial charge in [-0.05, 0) is 51.4 Å². The van der Waals surface area contributed by atoms with Crippen molar-refractivity contribution in [2.45, 2.75) is 51.9 Å². The van der Waals surface area contributed by atoms with Gasteiger partial charge in [-0.15, -0.1) is 0 Å². The van der Waals surface area contributed by atoms with Gasteiger partial charge in [-0.3, -0.25) is 0 Å². The van der Waals surface area contributed by atoms with Crippen molar-refractivity contribution in [2.75, 3.05) is 42.9 Å². The Bertz CT molecular complexity index is 489. The van der Waals surface area contributed by atoms with Crippen molar-refractivity contribution in [3.8, 4) is 0 Å². The molecule has 0 aromatic heterocycles. The third-order valence-corrected chi connectivity index (χ3v) is 5.10. The monoisotopic (exact) mass is 317 g/mol. The highest BCUT2D eigenvalue weighted by molar-refractivity contribution is 5.58. The highest BCUT2D eigenvalue weighted by atomic mass is 16.5. The van der Waals surface area contributed by atoms with Gasteiger partial charge in [0.15, 0.2) is 0 Å². The maximum atomic E-state index is 5.84. The molecule has 2 atom stereocenters. The first-order valence-corrected chi connectivity index (χ1v) is 9.13. The van der Waals surface area contributed by atoms with Crippen LogP contribution in [0.1, 0.15) is 33.6 Å². The average Bonchev–Trinajstić information content (AvgIpc) is 2.54. The van der Waals surface area contributed by atoms with Crippen LogP contribution in [0.15, 0.2) is 24.3 Å². The van der Waals surface area contributed by atoms with Crippen LogP contribution >= 0.6 is 0 Å². The third-order valence-electron chi connectivity index (χ3n) is 5.10. The molecule has 3 rings (SSSR count). The van der Waals surface area contributed by atoms with Gasteiger partial charge in [0.2, 0.25) is 0 Å². The van der Waals surface area contributed by atoms with Crippen LogP contribution < -0.4 is 10.2 Å². The van der Waals surface area contributed by atoms with Crippen molar-refractivity contribution in [3.63, 3.8) is 0 Å². The summed E-state index contributed by atoms with van der Waals surface area (Å²) < 4.78 is 5.84. The number of hydrogen-bond donors (Lipinski definition) is 1. The first-order chi connectivity index (χ1) is 11.1. The lowest BCUT2D eigenvalue weighted by molar-refractivity contribution is -0.0337. The van der Waals surface area contributed by atoms with E-state index in [9.17, 15) is 0 Å². The minimum atomic E-state index is 0.349. The summed E-state index contributed by atoms with van der Waals surface area (Å²) in [4.78, 5) is 5.02. The van der Waals surface area contributed by atoms with E-state index in [0.717, 1.165) is 32.5 Å². The molecule has 0 amide bonds. The van der Waals surface area contributed by atoms with E-state index in [2.05, 4.69) is 60.2 Å². The molecule has 2 aliphatic rings. The fraction of sp³-hybridized carbons (Fsp3) is 0.684. The van der Waals surface area contributed by atoms with Gasteiger partial charge in [-0.1, -0.05) is 13.0 Å². The van der Waals surface area contributed by atoms with Crippen molar-refractivity contribution in [1.29, 1.82) is 0 Å². The predicted octanol–water partition coefficient (Wildman–Crippen LogP) is 3.20.